The van der Waals surface area contributed by atoms with Gasteiger partial charge < -0.3 is 21.1 Å². The van der Waals surface area contributed by atoms with E-state index in [9.17, 15) is 0 Å². The van der Waals surface area contributed by atoms with Gasteiger partial charge in [-0.15, -0.1) is 0 Å². The van der Waals surface area contributed by atoms with E-state index in [0.29, 0.717) is 6.61 Å². The zero-order chi connectivity index (χ0) is 9.84. The molecular formula is C9H17N3O. The maximum Gasteiger partial charge on any atom is 0.0964 e. The van der Waals surface area contributed by atoms with Crippen LogP contribution in [0.15, 0.2) is 24.0 Å². The second kappa shape index (κ2) is 4.30. The molecule has 0 amide bonds. The van der Waals surface area contributed by atoms with Crippen molar-refractivity contribution in [2.75, 3.05) is 13.7 Å². The summed E-state index contributed by atoms with van der Waals surface area (Å²) < 4.78 is 5.05. The molecule has 4 nitrogen and oxygen atoms in total. The Labute approximate surface area is 78.8 Å². The number of methoxy groups -OCH3 is 1. The molecule has 0 aromatic rings. The van der Waals surface area contributed by atoms with E-state index in [4.69, 9.17) is 16.2 Å². The molecule has 1 aliphatic rings. The molecule has 1 aliphatic heterocycles. The molecule has 0 aliphatic carbocycles. The lowest BCUT2D eigenvalue weighted by molar-refractivity contribution is 0.113. The molecule has 0 fully saturated rings. The number of ether oxygens (including phenoxy) is 1. The number of nitrogens with zero attached hydrogens (tertiary/aromatic N) is 1. The summed E-state index contributed by atoms with van der Waals surface area (Å²) in [6.07, 6.45) is 5.45. The lowest BCUT2D eigenvalue weighted by Crippen LogP contribution is -2.45. The summed E-state index contributed by atoms with van der Waals surface area (Å²) in [5, 5.41) is 0. The average Bonchev–Trinajstić information content (AvgIpc) is 2.09. The van der Waals surface area contributed by atoms with E-state index in [1.165, 1.54) is 0 Å². The number of allylic oxidation sites excluding steroid dienone is 1. The molecule has 4 heteroatoms. The Morgan fingerprint density at radius 2 is 2.38 bits per heavy atom. The van der Waals surface area contributed by atoms with E-state index in [1.54, 1.807) is 7.11 Å². The zero-order valence-corrected chi connectivity index (χ0v) is 8.10. The summed E-state index contributed by atoms with van der Waals surface area (Å²) >= 11 is 0. The SMILES string of the molecule is COCC(C)N1C=C(N)C=CC1N. The van der Waals surface area contributed by atoms with Crippen molar-refractivity contribution in [3.05, 3.63) is 24.0 Å². The second-order valence-corrected chi connectivity index (χ2v) is 3.23. The van der Waals surface area contributed by atoms with Gasteiger partial charge in [0.25, 0.3) is 0 Å². The first-order valence-electron chi connectivity index (χ1n) is 4.32. The summed E-state index contributed by atoms with van der Waals surface area (Å²) in [6.45, 7) is 2.69. The molecule has 0 radical (unpaired) electrons. The van der Waals surface area contributed by atoms with Gasteiger partial charge >= 0.3 is 0 Å². The highest BCUT2D eigenvalue weighted by Gasteiger charge is 2.17. The molecule has 1 rings (SSSR count). The fourth-order valence-corrected chi connectivity index (χ4v) is 1.36. The predicted molar refractivity (Wildman–Crippen MR) is 52.6 cm³/mol. The van der Waals surface area contributed by atoms with Crippen LogP contribution in [0.2, 0.25) is 0 Å². The van der Waals surface area contributed by atoms with Gasteiger partial charge in [-0.2, -0.15) is 0 Å². The highest BCUT2D eigenvalue weighted by Crippen LogP contribution is 2.11. The third-order valence-electron chi connectivity index (χ3n) is 2.05. The standard InChI is InChI=1S/C9H17N3O/c1-7(6-13-2)12-5-8(10)3-4-9(12)11/h3-5,7,9H,6,10-11H2,1-2H3. The van der Waals surface area contributed by atoms with Crippen LogP contribution in [-0.4, -0.2) is 30.8 Å². The van der Waals surface area contributed by atoms with Crippen molar-refractivity contribution in [1.82, 2.24) is 4.90 Å². The Morgan fingerprint density at radius 1 is 1.69 bits per heavy atom. The number of rotatable bonds is 3. The summed E-state index contributed by atoms with van der Waals surface area (Å²) in [7, 11) is 1.68. The molecule has 0 saturated carbocycles. The highest BCUT2D eigenvalue weighted by atomic mass is 16.5. The van der Waals surface area contributed by atoms with Crippen molar-refractivity contribution in [2.24, 2.45) is 11.5 Å². The van der Waals surface area contributed by atoms with Gasteiger partial charge in [-0.05, 0) is 19.1 Å². The summed E-state index contributed by atoms with van der Waals surface area (Å²) in [5.74, 6) is 0. The molecule has 0 aromatic carbocycles. The minimum absolute atomic E-state index is 0.0996. The van der Waals surface area contributed by atoms with Crippen molar-refractivity contribution in [1.29, 1.82) is 0 Å². The second-order valence-electron chi connectivity index (χ2n) is 3.23. The first-order chi connectivity index (χ1) is 6.15. The molecule has 0 saturated heterocycles. The van der Waals surface area contributed by atoms with Crippen LogP contribution in [0.25, 0.3) is 0 Å². The van der Waals surface area contributed by atoms with Gasteiger partial charge in [0, 0.05) is 19.0 Å². The van der Waals surface area contributed by atoms with Gasteiger partial charge in [-0.25, -0.2) is 0 Å². The molecule has 13 heavy (non-hydrogen) atoms. The van der Waals surface area contributed by atoms with E-state index < -0.39 is 0 Å². The minimum atomic E-state index is -0.0996. The molecule has 2 unspecified atom stereocenters. The van der Waals surface area contributed by atoms with Crippen molar-refractivity contribution in [3.63, 3.8) is 0 Å². The Kier molecular flexibility index (Phi) is 3.33. The topological polar surface area (TPSA) is 64.5 Å². The average molecular weight is 183 g/mol. The van der Waals surface area contributed by atoms with E-state index in [0.717, 1.165) is 5.70 Å². The Hall–Kier alpha value is -1.00. The van der Waals surface area contributed by atoms with Gasteiger partial charge in [0.1, 0.15) is 0 Å². The molecule has 0 spiro atoms. The number of hydrogen-bond donors (Lipinski definition) is 2. The predicted octanol–water partition coefficient (Wildman–Crippen LogP) is -0.0220. The molecule has 2 atom stereocenters. The molecule has 74 valence electrons. The third kappa shape index (κ3) is 2.47. The third-order valence-corrected chi connectivity index (χ3v) is 2.05. The van der Waals surface area contributed by atoms with E-state index in [2.05, 4.69) is 0 Å². The monoisotopic (exact) mass is 183 g/mol. The Morgan fingerprint density at radius 3 is 3.00 bits per heavy atom. The molecular weight excluding hydrogens is 166 g/mol. The van der Waals surface area contributed by atoms with Gasteiger partial charge in [0.05, 0.1) is 18.8 Å². The molecule has 1 heterocycles. The van der Waals surface area contributed by atoms with Crippen LogP contribution in [0.5, 0.6) is 0 Å². The first kappa shape index (κ1) is 10.1. The largest absolute Gasteiger partial charge is 0.398 e. The van der Waals surface area contributed by atoms with Crippen LogP contribution in [-0.2, 0) is 4.74 Å². The summed E-state index contributed by atoms with van der Waals surface area (Å²) in [6, 6.07) is 0.239. The van der Waals surface area contributed by atoms with Crippen LogP contribution < -0.4 is 11.5 Å². The fourth-order valence-electron chi connectivity index (χ4n) is 1.36. The Bertz CT molecular complexity index is 225. The van der Waals surface area contributed by atoms with Crippen LogP contribution in [0, 0.1) is 0 Å². The normalized spacial score (nSPS) is 24.4. The maximum absolute atomic E-state index is 5.86. The van der Waals surface area contributed by atoms with Crippen molar-refractivity contribution in [2.45, 2.75) is 19.1 Å². The van der Waals surface area contributed by atoms with Crippen molar-refractivity contribution < 1.29 is 4.74 Å². The van der Waals surface area contributed by atoms with Gasteiger partial charge in [-0.3, -0.25) is 0 Å². The zero-order valence-electron chi connectivity index (χ0n) is 8.10. The lowest BCUT2D eigenvalue weighted by Gasteiger charge is -2.33. The quantitative estimate of drug-likeness (QED) is 0.645. The van der Waals surface area contributed by atoms with Crippen molar-refractivity contribution >= 4 is 0 Å². The van der Waals surface area contributed by atoms with Crippen LogP contribution in [0.3, 0.4) is 0 Å². The highest BCUT2D eigenvalue weighted by molar-refractivity contribution is 5.21. The molecule has 4 N–H and O–H groups in total. The minimum Gasteiger partial charge on any atom is -0.398 e. The van der Waals surface area contributed by atoms with Crippen LogP contribution >= 0.6 is 0 Å². The molecule has 0 bridgehead atoms. The summed E-state index contributed by atoms with van der Waals surface area (Å²) in [4.78, 5) is 1.98. The van der Waals surface area contributed by atoms with E-state index in [-0.39, 0.29) is 12.2 Å². The number of hydrogen-bond acceptors (Lipinski definition) is 4. The first-order valence-corrected chi connectivity index (χ1v) is 4.32. The van der Waals surface area contributed by atoms with E-state index >= 15 is 0 Å². The van der Waals surface area contributed by atoms with Crippen LogP contribution in [0.4, 0.5) is 0 Å². The van der Waals surface area contributed by atoms with Gasteiger partial charge in [0.2, 0.25) is 0 Å². The number of nitrogens with two attached hydrogens (primary N) is 2. The van der Waals surface area contributed by atoms with Gasteiger partial charge in [0.15, 0.2) is 0 Å². The fraction of sp³-hybridized carbons (Fsp3) is 0.556. The smallest absolute Gasteiger partial charge is 0.0964 e. The van der Waals surface area contributed by atoms with Crippen LogP contribution in [0.1, 0.15) is 6.92 Å². The van der Waals surface area contributed by atoms with Crippen molar-refractivity contribution in [3.8, 4) is 0 Å². The lowest BCUT2D eigenvalue weighted by atomic mass is 10.2. The Balaban J connectivity index is 2.63. The summed E-state index contributed by atoms with van der Waals surface area (Å²) in [5.41, 5.74) is 12.2. The molecule has 0 aromatic heterocycles. The van der Waals surface area contributed by atoms with Gasteiger partial charge in [-0.1, -0.05) is 0 Å². The maximum atomic E-state index is 5.86. The van der Waals surface area contributed by atoms with E-state index in [1.807, 2.05) is 30.2 Å².